The first-order chi connectivity index (χ1) is 11.3. The number of thiophene rings is 1. The summed E-state index contributed by atoms with van der Waals surface area (Å²) in [5.74, 6) is 0.425. The highest BCUT2D eigenvalue weighted by Gasteiger charge is 2.18. The van der Waals surface area contributed by atoms with Gasteiger partial charge in [0.05, 0.1) is 11.4 Å². The van der Waals surface area contributed by atoms with Crippen LogP contribution in [0.3, 0.4) is 0 Å². The van der Waals surface area contributed by atoms with Crippen molar-refractivity contribution in [3.05, 3.63) is 40.7 Å². The van der Waals surface area contributed by atoms with Crippen LogP contribution in [0.2, 0.25) is 4.34 Å². The summed E-state index contributed by atoms with van der Waals surface area (Å²) in [6.07, 6.45) is 0. The fourth-order valence-electron chi connectivity index (χ4n) is 2.05. The lowest BCUT2D eigenvalue weighted by molar-refractivity contribution is -0.116. The van der Waals surface area contributed by atoms with Crippen LogP contribution < -0.4 is 14.4 Å². The molecule has 1 aromatic heterocycles. The molecule has 1 N–H and O–H groups in total. The van der Waals surface area contributed by atoms with Crippen molar-refractivity contribution in [2.45, 2.75) is 11.1 Å². The Bertz CT molecular complexity index is 820. The highest BCUT2D eigenvalue weighted by molar-refractivity contribution is 7.91. The first kappa shape index (κ1) is 18.7. The summed E-state index contributed by atoms with van der Waals surface area (Å²) < 4.78 is 32.5. The third kappa shape index (κ3) is 4.70. The van der Waals surface area contributed by atoms with E-state index in [1.807, 2.05) is 0 Å². The lowest BCUT2D eigenvalue weighted by Gasteiger charge is -2.21. The van der Waals surface area contributed by atoms with Crippen molar-refractivity contribution in [3.8, 4) is 5.75 Å². The van der Waals surface area contributed by atoms with Gasteiger partial charge in [-0.2, -0.15) is 0 Å². The number of anilines is 1. The van der Waals surface area contributed by atoms with E-state index in [0.29, 0.717) is 15.8 Å². The average molecular weight is 389 g/mol. The molecule has 24 heavy (non-hydrogen) atoms. The molecule has 1 aromatic carbocycles. The maximum atomic E-state index is 12.2. The number of methoxy groups -OCH3 is 1. The van der Waals surface area contributed by atoms with E-state index in [1.54, 1.807) is 24.3 Å². The number of rotatable bonds is 7. The molecule has 6 nitrogen and oxygen atoms in total. The van der Waals surface area contributed by atoms with Gasteiger partial charge in [-0.3, -0.25) is 4.79 Å². The third-order valence-corrected chi connectivity index (χ3v) is 6.37. The highest BCUT2D eigenvalue weighted by atomic mass is 35.5. The number of amides is 1. The van der Waals surface area contributed by atoms with Gasteiger partial charge in [0.1, 0.15) is 9.96 Å². The van der Waals surface area contributed by atoms with Crippen molar-refractivity contribution in [2.75, 3.05) is 25.1 Å². The summed E-state index contributed by atoms with van der Waals surface area (Å²) in [6, 6.07) is 9.98. The van der Waals surface area contributed by atoms with Gasteiger partial charge >= 0.3 is 0 Å². The molecule has 0 saturated carbocycles. The number of ether oxygens (including phenoxy) is 1. The minimum Gasteiger partial charge on any atom is -0.497 e. The van der Waals surface area contributed by atoms with Crippen LogP contribution in [0.25, 0.3) is 0 Å². The predicted octanol–water partition coefficient (Wildman–Crippen LogP) is 2.74. The molecule has 0 radical (unpaired) electrons. The molecule has 0 saturated heterocycles. The number of nitrogens with zero attached hydrogens (tertiary/aromatic N) is 1. The quantitative estimate of drug-likeness (QED) is 0.791. The van der Waals surface area contributed by atoms with Gasteiger partial charge in [-0.15, -0.1) is 11.3 Å². The fourth-order valence-corrected chi connectivity index (χ4v) is 4.60. The van der Waals surface area contributed by atoms with E-state index in [0.717, 1.165) is 11.3 Å². The van der Waals surface area contributed by atoms with Gasteiger partial charge in [0.2, 0.25) is 15.9 Å². The number of nitrogens with one attached hydrogen (secondary N) is 1. The van der Waals surface area contributed by atoms with Crippen LogP contribution in [-0.4, -0.2) is 34.5 Å². The molecular formula is C15H17ClN2O4S2. The highest BCUT2D eigenvalue weighted by Crippen LogP contribution is 2.25. The van der Waals surface area contributed by atoms with E-state index in [-0.39, 0.29) is 23.2 Å². The molecule has 9 heteroatoms. The Hall–Kier alpha value is -1.61. The van der Waals surface area contributed by atoms with Gasteiger partial charge in [0.15, 0.2) is 0 Å². The number of sulfonamides is 1. The van der Waals surface area contributed by atoms with E-state index in [4.69, 9.17) is 16.3 Å². The van der Waals surface area contributed by atoms with Crippen molar-refractivity contribution in [2.24, 2.45) is 0 Å². The van der Waals surface area contributed by atoms with Gasteiger partial charge < -0.3 is 9.64 Å². The van der Waals surface area contributed by atoms with Gasteiger partial charge in [-0.05, 0) is 24.3 Å². The Labute approximate surface area is 150 Å². The van der Waals surface area contributed by atoms with Crippen LogP contribution in [0.15, 0.2) is 40.6 Å². The molecule has 0 aliphatic rings. The van der Waals surface area contributed by atoms with Crippen LogP contribution in [0.4, 0.5) is 5.69 Å². The number of hydrogen-bond acceptors (Lipinski definition) is 5. The molecular weight excluding hydrogens is 372 g/mol. The van der Waals surface area contributed by atoms with E-state index in [9.17, 15) is 13.2 Å². The zero-order chi connectivity index (χ0) is 17.7. The first-order valence-electron chi connectivity index (χ1n) is 7.00. The molecule has 0 fully saturated rings. The van der Waals surface area contributed by atoms with Gasteiger partial charge in [0.25, 0.3) is 0 Å². The molecule has 0 atom stereocenters. The Kier molecular flexibility index (Phi) is 6.22. The third-order valence-electron chi connectivity index (χ3n) is 3.19. The number of carbonyl (C=O) groups is 1. The summed E-state index contributed by atoms with van der Waals surface area (Å²) >= 11 is 6.74. The first-order valence-corrected chi connectivity index (χ1v) is 9.68. The maximum Gasteiger partial charge on any atom is 0.250 e. The Morgan fingerprint density at radius 1 is 1.33 bits per heavy atom. The molecule has 0 spiro atoms. The molecule has 0 bridgehead atoms. The van der Waals surface area contributed by atoms with E-state index in [2.05, 4.69) is 4.72 Å². The Morgan fingerprint density at radius 2 is 2.08 bits per heavy atom. The van der Waals surface area contributed by atoms with E-state index in [1.165, 1.54) is 31.1 Å². The summed E-state index contributed by atoms with van der Waals surface area (Å²) in [7, 11) is -2.10. The van der Waals surface area contributed by atoms with E-state index >= 15 is 0 Å². The lowest BCUT2D eigenvalue weighted by atomic mass is 10.2. The molecule has 2 rings (SSSR count). The van der Waals surface area contributed by atoms with Crippen molar-refractivity contribution >= 4 is 44.6 Å². The Morgan fingerprint density at radius 3 is 2.67 bits per heavy atom. The molecule has 0 aliphatic heterocycles. The summed E-state index contributed by atoms with van der Waals surface area (Å²) in [4.78, 5) is 13.3. The normalized spacial score (nSPS) is 11.3. The fraction of sp³-hybridized carbons (Fsp3) is 0.267. The second-order valence-electron chi connectivity index (χ2n) is 4.83. The number of benzene rings is 1. The SMILES string of the molecule is COc1cccc(N(CCNS(=O)(=O)c2ccc(Cl)s2)C(C)=O)c1. The molecule has 130 valence electrons. The van der Waals surface area contributed by atoms with Crippen molar-refractivity contribution in [3.63, 3.8) is 0 Å². The zero-order valence-electron chi connectivity index (χ0n) is 13.2. The number of halogens is 1. The van der Waals surface area contributed by atoms with Crippen LogP contribution >= 0.6 is 22.9 Å². The summed E-state index contributed by atoms with van der Waals surface area (Å²) in [5, 5.41) is 0. The van der Waals surface area contributed by atoms with Gasteiger partial charge in [0, 0.05) is 31.8 Å². The molecule has 1 heterocycles. The maximum absolute atomic E-state index is 12.2. The standard InChI is InChI=1S/C15H17ClN2O4S2/c1-11(19)18(12-4-3-5-13(10-12)22-2)9-8-17-24(20,21)15-7-6-14(16)23-15/h3-7,10,17H,8-9H2,1-2H3. The molecule has 2 aromatic rings. The van der Waals surface area contributed by atoms with Crippen LogP contribution in [-0.2, 0) is 14.8 Å². The van der Waals surface area contributed by atoms with Gasteiger partial charge in [-0.1, -0.05) is 17.7 Å². The lowest BCUT2D eigenvalue weighted by Crippen LogP contribution is -2.37. The molecule has 0 aliphatic carbocycles. The zero-order valence-corrected chi connectivity index (χ0v) is 15.5. The monoisotopic (exact) mass is 388 g/mol. The average Bonchev–Trinajstić information content (AvgIpc) is 2.98. The summed E-state index contributed by atoms with van der Waals surface area (Å²) in [5.41, 5.74) is 0.639. The van der Waals surface area contributed by atoms with Crippen molar-refractivity contribution < 1.29 is 17.9 Å². The largest absolute Gasteiger partial charge is 0.497 e. The number of hydrogen-bond donors (Lipinski definition) is 1. The smallest absolute Gasteiger partial charge is 0.250 e. The van der Waals surface area contributed by atoms with Crippen LogP contribution in [0, 0.1) is 0 Å². The number of carbonyl (C=O) groups excluding carboxylic acids is 1. The minimum atomic E-state index is -3.63. The van der Waals surface area contributed by atoms with Gasteiger partial charge in [-0.25, -0.2) is 13.1 Å². The topological polar surface area (TPSA) is 75.7 Å². The Balaban J connectivity index is 2.05. The van der Waals surface area contributed by atoms with Crippen LogP contribution in [0.5, 0.6) is 5.75 Å². The summed E-state index contributed by atoms with van der Waals surface area (Å²) in [6.45, 7) is 1.70. The van der Waals surface area contributed by atoms with Crippen LogP contribution in [0.1, 0.15) is 6.92 Å². The molecule has 1 amide bonds. The predicted molar refractivity (Wildman–Crippen MR) is 95.5 cm³/mol. The van der Waals surface area contributed by atoms with Crippen molar-refractivity contribution in [1.82, 2.24) is 4.72 Å². The minimum absolute atomic E-state index is 0.0780. The second-order valence-corrected chi connectivity index (χ2v) is 8.54. The molecule has 0 unspecified atom stereocenters. The van der Waals surface area contributed by atoms with E-state index < -0.39 is 10.0 Å². The second kappa shape index (κ2) is 7.98. The van der Waals surface area contributed by atoms with Crippen molar-refractivity contribution in [1.29, 1.82) is 0 Å².